The first-order valence-electron chi connectivity index (χ1n) is 9.64. The van der Waals surface area contributed by atoms with Gasteiger partial charge in [0, 0.05) is 49.5 Å². The number of hydrogen-bond donors (Lipinski definition) is 1. The summed E-state index contributed by atoms with van der Waals surface area (Å²) in [5.41, 5.74) is 4.16. The van der Waals surface area contributed by atoms with E-state index in [1.807, 2.05) is 24.3 Å². The van der Waals surface area contributed by atoms with Gasteiger partial charge in [-0.05, 0) is 36.6 Å². The maximum absolute atomic E-state index is 12.8. The highest BCUT2D eigenvalue weighted by Gasteiger charge is 2.20. The molecule has 6 heteroatoms. The van der Waals surface area contributed by atoms with Crippen molar-refractivity contribution in [2.75, 3.05) is 50.9 Å². The molecule has 4 nitrogen and oxygen atoms in total. The molecule has 0 aromatic heterocycles. The summed E-state index contributed by atoms with van der Waals surface area (Å²) in [6, 6.07) is 13.8. The number of piperazine rings is 1. The molecule has 0 unspecified atom stereocenters. The Morgan fingerprint density at radius 2 is 1.86 bits per heavy atom. The van der Waals surface area contributed by atoms with Crippen molar-refractivity contribution in [3.05, 3.63) is 52.5 Å². The first-order chi connectivity index (χ1) is 13.7. The lowest BCUT2D eigenvalue weighted by Gasteiger charge is -2.36. The van der Waals surface area contributed by atoms with Crippen LogP contribution >= 0.6 is 11.6 Å². The number of aryl methyl sites for hydroxylation is 1. The predicted octanol–water partition coefficient (Wildman–Crippen LogP) is 3.90. The normalized spacial score (nSPS) is 14.9. The molecule has 1 aliphatic heterocycles. The summed E-state index contributed by atoms with van der Waals surface area (Å²) in [6.07, 6.45) is 0.988. The number of hydrogen-bond acceptors (Lipinski definition) is 4. The van der Waals surface area contributed by atoms with Gasteiger partial charge < -0.3 is 10.0 Å². The Balaban J connectivity index is 1.98. The van der Waals surface area contributed by atoms with Crippen LogP contribution in [0.2, 0.25) is 5.02 Å². The summed E-state index contributed by atoms with van der Waals surface area (Å²) in [4.78, 5) is 4.53. The van der Waals surface area contributed by atoms with Gasteiger partial charge in [0.05, 0.1) is 29.9 Å². The van der Waals surface area contributed by atoms with Crippen LogP contribution in [0.15, 0.2) is 36.4 Å². The second-order valence-electron chi connectivity index (χ2n) is 6.97. The standard InChI is InChI=1S/C22H25ClFN3O/c23-22-17(5-3-7-24)14-19(27-10-8-26(9-11-27)12-13-28)15-21(22)20-6-2-1-4-18(20)16-25/h1-2,4,6,14-15,28H,3,5,7-13H2. The average Bonchev–Trinajstić information content (AvgIpc) is 2.74. The lowest BCUT2D eigenvalue weighted by Crippen LogP contribution is -2.47. The zero-order valence-corrected chi connectivity index (χ0v) is 16.6. The topological polar surface area (TPSA) is 50.5 Å². The number of aliphatic hydroxyl groups is 1. The predicted molar refractivity (Wildman–Crippen MR) is 112 cm³/mol. The number of anilines is 1. The molecular weight excluding hydrogens is 377 g/mol. The SMILES string of the molecule is N#Cc1ccccc1-c1cc(N2CCN(CCO)CC2)cc(CCCF)c1Cl. The smallest absolute Gasteiger partial charge is 0.0998 e. The minimum absolute atomic E-state index is 0.170. The lowest BCUT2D eigenvalue weighted by molar-refractivity contribution is 0.189. The van der Waals surface area contributed by atoms with Crippen molar-refractivity contribution in [1.82, 2.24) is 4.90 Å². The van der Waals surface area contributed by atoms with Crippen LogP contribution in [-0.4, -0.2) is 56.0 Å². The van der Waals surface area contributed by atoms with Gasteiger partial charge in [0.15, 0.2) is 0 Å². The molecule has 1 aliphatic rings. The zero-order valence-electron chi connectivity index (χ0n) is 15.9. The van der Waals surface area contributed by atoms with Crippen molar-refractivity contribution < 1.29 is 9.50 Å². The van der Waals surface area contributed by atoms with Gasteiger partial charge in [-0.1, -0.05) is 29.8 Å². The van der Waals surface area contributed by atoms with Gasteiger partial charge in [-0.3, -0.25) is 9.29 Å². The molecule has 0 radical (unpaired) electrons. The Morgan fingerprint density at radius 3 is 2.54 bits per heavy atom. The van der Waals surface area contributed by atoms with Crippen molar-refractivity contribution in [2.24, 2.45) is 0 Å². The highest BCUT2D eigenvalue weighted by Crippen LogP contribution is 2.37. The highest BCUT2D eigenvalue weighted by atomic mass is 35.5. The van der Waals surface area contributed by atoms with Crippen molar-refractivity contribution in [3.63, 3.8) is 0 Å². The van der Waals surface area contributed by atoms with Gasteiger partial charge in [0.1, 0.15) is 0 Å². The lowest BCUT2D eigenvalue weighted by atomic mass is 9.96. The Bertz CT molecular complexity index is 844. The number of benzene rings is 2. The Labute approximate surface area is 170 Å². The van der Waals surface area contributed by atoms with Crippen LogP contribution in [0.25, 0.3) is 11.1 Å². The summed E-state index contributed by atoms with van der Waals surface area (Å²) >= 11 is 6.70. The number of aliphatic hydroxyl groups excluding tert-OH is 1. The van der Waals surface area contributed by atoms with Gasteiger partial charge in [-0.15, -0.1) is 0 Å². The second kappa shape index (κ2) is 9.88. The molecular formula is C22H25ClFN3O. The second-order valence-corrected chi connectivity index (χ2v) is 7.35. The Morgan fingerprint density at radius 1 is 1.11 bits per heavy atom. The molecule has 0 atom stereocenters. The van der Waals surface area contributed by atoms with Crippen LogP contribution in [0.5, 0.6) is 0 Å². The minimum Gasteiger partial charge on any atom is -0.395 e. The van der Waals surface area contributed by atoms with Crippen LogP contribution < -0.4 is 4.90 Å². The van der Waals surface area contributed by atoms with Crippen molar-refractivity contribution in [1.29, 1.82) is 5.26 Å². The maximum atomic E-state index is 12.8. The van der Waals surface area contributed by atoms with E-state index in [0.29, 0.717) is 30.0 Å². The van der Waals surface area contributed by atoms with Crippen LogP contribution in [0, 0.1) is 11.3 Å². The van der Waals surface area contributed by atoms with Gasteiger partial charge >= 0.3 is 0 Å². The Kier molecular flexibility index (Phi) is 7.27. The number of rotatable bonds is 7. The van der Waals surface area contributed by atoms with E-state index < -0.39 is 0 Å². The molecule has 148 valence electrons. The van der Waals surface area contributed by atoms with Gasteiger partial charge in [-0.25, -0.2) is 0 Å². The van der Waals surface area contributed by atoms with Crippen LogP contribution in [0.3, 0.4) is 0 Å². The van der Waals surface area contributed by atoms with Gasteiger partial charge in [0.25, 0.3) is 0 Å². The molecule has 2 aromatic rings. The van der Waals surface area contributed by atoms with Crippen LogP contribution in [0.1, 0.15) is 17.5 Å². The molecule has 0 spiro atoms. The average molecular weight is 402 g/mol. The molecule has 1 N–H and O–H groups in total. The fraction of sp³-hybridized carbons (Fsp3) is 0.409. The molecule has 1 saturated heterocycles. The number of nitrogens with zero attached hydrogens (tertiary/aromatic N) is 3. The Hall–Kier alpha value is -2.13. The summed E-state index contributed by atoms with van der Waals surface area (Å²) in [5.74, 6) is 0. The fourth-order valence-electron chi connectivity index (χ4n) is 3.67. The number of nitriles is 1. The largest absolute Gasteiger partial charge is 0.395 e. The van der Waals surface area contributed by atoms with E-state index in [1.165, 1.54) is 0 Å². The summed E-state index contributed by atoms with van der Waals surface area (Å²) in [6.45, 7) is 3.94. The quantitative estimate of drug-likeness (QED) is 0.764. The third-order valence-electron chi connectivity index (χ3n) is 5.20. The molecule has 28 heavy (non-hydrogen) atoms. The third kappa shape index (κ3) is 4.64. The van der Waals surface area contributed by atoms with Crippen LogP contribution in [0.4, 0.5) is 10.1 Å². The van der Waals surface area contributed by atoms with E-state index in [0.717, 1.165) is 48.6 Å². The van der Waals surface area contributed by atoms with Crippen molar-refractivity contribution in [3.8, 4) is 17.2 Å². The first kappa shape index (κ1) is 20.6. The van der Waals surface area contributed by atoms with E-state index in [1.54, 1.807) is 6.07 Å². The molecule has 0 amide bonds. The summed E-state index contributed by atoms with van der Waals surface area (Å²) in [7, 11) is 0. The summed E-state index contributed by atoms with van der Waals surface area (Å²) in [5, 5.41) is 19.2. The van der Waals surface area contributed by atoms with E-state index in [2.05, 4.69) is 21.9 Å². The van der Waals surface area contributed by atoms with E-state index in [4.69, 9.17) is 16.7 Å². The summed E-state index contributed by atoms with van der Waals surface area (Å²) < 4.78 is 12.8. The monoisotopic (exact) mass is 401 g/mol. The van der Waals surface area contributed by atoms with Gasteiger partial charge in [0.2, 0.25) is 0 Å². The first-order valence-corrected chi connectivity index (χ1v) is 10.0. The van der Waals surface area contributed by atoms with E-state index in [9.17, 15) is 9.65 Å². The molecule has 2 aromatic carbocycles. The number of β-amino-alcohol motifs (C(OH)–C–C–N with tert-alkyl or cyclic N) is 1. The third-order valence-corrected chi connectivity index (χ3v) is 5.65. The number of halogens is 2. The molecule has 0 aliphatic carbocycles. The molecule has 0 saturated carbocycles. The van der Waals surface area contributed by atoms with Crippen LogP contribution in [-0.2, 0) is 6.42 Å². The van der Waals surface area contributed by atoms with E-state index in [-0.39, 0.29) is 13.3 Å². The van der Waals surface area contributed by atoms with Crippen molar-refractivity contribution in [2.45, 2.75) is 12.8 Å². The molecule has 3 rings (SSSR count). The number of alkyl halides is 1. The highest BCUT2D eigenvalue weighted by molar-refractivity contribution is 6.34. The fourth-order valence-corrected chi connectivity index (χ4v) is 3.98. The van der Waals surface area contributed by atoms with Gasteiger partial charge in [-0.2, -0.15) is 5.26 Å². The van der Waals surface area contributed by atoms with E-state index >= 15 is 0 Å². The maximum Gasteiger partial charge on any atom is 0.0998 e. The zero-order chi connectivity index (χ0) is 19.9. The minimum atomic E-state index is -0.384. The molecule has 0 bridgehead atoms. The molecule has 1 fully saturated rings. The van der Waals surface area contributed by atoms with Crippen molar-refractivity contribution >= 4 is 17.3 Å². The molecule has 1 heterocycles.